The van der Waals surface area contributed by atoms with Crippen molar-refractivity contribution in [2.45, 2.75) is 67.4 Å². The molecule has 1 aromatic rings. The number of ether oxygens (including phenoxy) is 1. The highest BCUT2D eigenvalue weighted by molar-refractivity contribution is 8.02. The number of carbonyl (C=O) groups is 3. The molecule has 3 heterocycles. The van der Waals surface area contributed by atoms with E-state index in [1.807, 2.05) is 13.0 Å². The van der Waals surface area contributed by atoms with Crippen LogP contribution >= 0.6 is 23.4 Å². The van der Waals surface area contributed by atoms with Gasteiger partial charge >= 0.3 is 5.97 Å². The van der Waals surface area contributed by atoms with E-state index >= 15 is 0 Å². The smallest absolute Gasteiger partial charge is 0.311 e. The van der Waals surface area contributed by atoms with Crippen LogP contribution in [-0.4, -0.2) is 69.6 Å². The highest BCUT2D eigenvalue weighted by atomic mass is 35.5. The van der Waals surface area contributed by atoms with Crippen LogP contribution in [0.1, 0.15) is 51.9 Å². The standard InChI is InChI=1S/C30H39ClN2O5S/c1-4-6-7-10-20-38-28(37)24-23-26(35)33(18-8-9-19-34)25(30(23)16-15-29(24,3)39-30)27(36)32(17-5-2)22-13-11-21(31)12-14-22/h4-5,11-14,23-25,34H,1-2,6-10,15-20H2,3H3/t23-,24+,25?,29-,30?/m0/s1. The maximum absolute atomic E-state index is 14.5. The number of thioether (sulfide) groups is 1. The zero-order chi connectivity index (χ0) is 28.2. The number of esters is 1. The molecule has 0 aromatic heterocycles. The van der Waals surface area contributed by atoms with Gasteiger partial charge in [0.1, 0.15) is 6.04 Å². The molecule has 2 unspecified atom stereocenters. The van der Waals surface area contributed by atoms with E-state index in [1.165, 1.54) is 0 Å². The Kier molecular flexibility index (Phi) is 9.50. The van der Waals surface area contributed by atoms with Gasteiger partial charge in [0, 0.05) is 35.2 Å². The average Bonchev–Trinajstić information content (AvgIpc) is 3.48. The Morgan fingerprint density at radius 1 is 1.18 bits per heavy atom. The molecule has 212 valence electrons. The van der Waals surface area contributed by atoms with Gasteiger partial charge in [0.05, 0.1) is 23.2 Å². The summed E-state index contributed by atoms with van der Waals surface area (Å²) in [6.45, 7) is 10.6. The zero-order valence-corrected chi connectivity index (χ0v) is 24.2. The number of allylic oxidation sites excluding steroid dienone is 1. The van der Waals surface area contributed by atoms with E-state index in [-0.39, 0.29) is 30.9 Å². The Bertz CT molecular complexity index is 1100. The Hall–Kier alpha value is -2.29. The maximum atomic E-state index is 14.5. The molecule has 5 atom stereocenters. The summed E-state index contributed by atoms with van der Waals surface area (Å²) in [4.78, 5) is 45.4. The van der Waals surface area contributed by atoms with Crippen LogP contribution < -0.4 is 4.90 Å². The lowest BCUT2D eigenvalue weighted by molar-refractivity contribution is -0.155. The van der Waals surface area contributed by atoms with Crippen LogP contribution in [0.2, 0.25) is 5.02 Å². The lowest BCUT2D eigenvalue weighted by Crippen LogP contribution is -2.55. The summed E-state index contributed by atoms with van der Waals surface area (Å²) < 4.78 is 4.53. The highest BCUT2D eigenvalue weighted by Crippen LogP contribution is 2.71. The predicted molar refractivity (Wildman–Crippen MR) is 156 cm³/mol. The zero-order valence-electron chi connectivity index (χ0n) is 22.6. The Labute approximate surface area is 240 Å². The van der Waals surface area contributed by atoms with Gasteiger partial charge in [-0.3, -0.25) is 14.4 Å². The van der Waals surface area contributed by atoms with Gasteiger partial charge in [0.2, 0.25) is 5.91 Å². The van der Waals surface area contributed by atoms with Gasteiger partial charge in [-0.2, -0.15) is 0 Å². The number of amides is 2. The number of halogens is 1. The van der Waals surface area contributed by atoms with Crippen LogP contribution in [0.3, 0.4) is 0 Å². The van der Waals surface area contributed by atoms with Crippen LogP contribution in [0.25, 0.3) is 0 Å². The molecule has 0 saturated carbocycles. The van der Waals surface area contributed by atoms with Gasteiger partial charge in [0.25, 0.3) is 5.91 Å². The van der Waals surface area contributed by atoms with Crippen LogP contribution in [0.5, 0.6) is 0 Å². The van der Waals surface area contributed by atoms with E-state index in [4.69, 9.17) is 16.3 Å². The molecule has 0 aliphatic carbocycles. The van der Waals surface area contributed by atoms with Crippen molar-refractivity contribution in [3.8, 4) is 0 Å². The molecule has 2 amide bonds. The lowest BCUT2D eigenvalue weighted by atomic mass is 9.66. The number of hydrogen-bond donors (Lipinski definition) is 1. The molecule has 1 spiro atoms. The normalized spacial score (nSPS) is 28.8. The second kappa shape index (κ2) is 12.5. The topological polar surface area (TPSA) is 87.1 Å². The number of nitrogens with zero attached hydrogens (tertiary/aromatic N) is 2. The summed E-state index contributed by atoms with van der Waals surface area (Å²) in [6, 6.07) is 6.32. The van der Waals surface area contributed by atoms with Gasteiger partial charge in [-0.25, -0.2) is 0 Å². The number of aliphatic hydroxyl groups is 1. The fourth-order valence-corrected chi connectivity index (χ4v) is 9.04. The number of benzene rings is 1. The van der Waals surface area contributed by atoms with Crippen LogP contribution in [0.4, 0.5) is 5.69 Å². The van der Waals surface area contributed by atoms with Crippen LogP contribution in [-0.2, 0) is 19.1 Å². The molecule has 3 aliphatic heterocycles. The third kappa shape index (κ3) is 5.52. The highest BCUT2D eigenvalue weighted by Gasteiger charge is 2.77. The SMILES string of the molecule is C=CCCCCOC(=O)[C@H]1[C@H]2C(=O)N(CCCCO)C(C(=O)N(CC=C)c3ccc(Cl)cc3)C23CC[C@]1(C)S3. The van der Waals surface area contributed by atoms with Crippen molar-refractivity contribution in [3.63, 3.8) is 0 Å². The molecule has 0 radical (unpaired) electrons. The van der Waals surface area contributed by atoms with Crippen molar-refractivity contribution in [2.75, 3.05) is 31.2 Å². The molecule has 2 bridgehead atoms. The number of unbranched alkanes of at least 4 members (excludes halogenated alkanes) is 3. The van der Waals surface area contributed by atoms with E-state index in [9.17, 15) is 19.5 Å². The predicted octanol–water partition coefficient (Wildman–Crippen LogP) is 5.01. The van der Waals surface area contributed by atoms with Gasteiger partial charge in [-0.1, -0.05) is 23.8 Å². The maximum Gasteiger partial charge on any atom is 0.311 e. The molecule has 4 rings (SSSR count). The molecule has 3 saturated heterocycles. The minimum atomic E-state index is -0.735. The fourth-order valence-electron chi connectivity index (χ4n) is 6.57. The van der Waals surface area contributed by atoms with Crippen molar-refractivity contribution in [2.24, 2.45) is 11.8 Å². The molecular weight excluding hydrogens is 536 g/mol. The molecule has 7 nitrogen and oxygen atoms in total. The molecular formula is C30H39ClN2O5S. The monoisotopic (exact) mass is 574 g/mol. The van der Waals surface area contributed by atoms with E-state index in [0.717, 1.165) is 25.7 Å². The second-order valence-corrected chi connectivity index (χ2v) is 13.2. The number of fused-ring (bicyclic) bond motifs is 1. The van der Waals surface area contributed by atoms with E-state index in [1.54, 1.807) is 51.9 Å². The summed E-state index contributed by atoms with van der Waals surface area (Å²) in [5, 5.41) is 9.95. The molecule has 3 aliphatic rings. The first-order valence-corrected chi connectivity index (χ1v) is 15.0. The minimum absolute atomic E-state index is 0.0101. The number of hydrogen-bond acceptors (Lipinski definition) is 6. The van der Waals surface area contributed by atoms with E-state index in [0.29, 0.717) is 43.1 Å². The fraction of sp³-hybridized carbons (Fsp3) is 0.567. The molecule has 1 N–H and O–H groups in total. The summed E-state index contributed by atoms with van der Waals surface area (Å²) >= 11 is 7.74. The Balaban J connectivity index is 1.68. The third-order valence-electron chi connectivity index (χ3n) is 8.33. The number of aliphatic hydroxyl groups excluding tert-OH is 1. The first-order valence-electron chi connectivity index (χ1n) is 13.8. The number of anilines is 1. The molecule has 3 fully saturated rings. The van der Waals surface area contributed by atoms with Gasteiger partial charge in [-0.05, 0) is 76.1 Å². The number of rotatable bonds is 14. The van der Waals surface area contributed by atoms with Gasteiger partial charge in [-0.15, -0.1) is 24.9 Å². The summed E-state index contributed by atoms with van der Waals surface area (Å²) in [7, 11) is 0. The van der Waals surface area contributed by atoms with E-state index in [2.05, 4.69) is 13.2 Å². The Morgan fingerprint density at radius 3 is 2.59 bits per heavy atom. The first-order chi connectivity index (χ1) is 18.7. The van der Waals surface area contributed by atoms with Gasteiger partial charge < -0.3 is 19.6 Å². The van der Waals surface area contributed by atoms with Crippen LogP contribution in [0.15, 0.2) is 49.6 Å². The van der Waals surface area contributed by atoms with Crippen molar-refractivity contribution in [3.05, 3.63) is 54.6 Å². The Morgan fingerprint density at radius 2 is 1.92 bits per heavy atom. The second-order valence-electron chi connectivity index (χ2n) is 10.9. The lowest BCUT2D eigenvalue weighted by Gasteiger charge is -2.37. The molecule has 1 aromatic carbocycles. The van der Waals surface area contributed by atoms with Crippen molar-refractivity contribution >= 4 is 46.8 Å². The van der Waals surface area contributed by atoms with Crippen molar-refractivity contribution < 1.29 is 24.2 Å². The average molecular weight is 575 g/mol. The third-order valence-corrected chi connectivity index (χ3v) is 10.6. The summed E-state index contributed by atoms with van der Waals surface area (Å²) in [5.74, 6) is -1.92. The quantitative estimate of drug-likeness (QED) is 0.191. The largest absolute Gasteiger partial charge is 0.465 e. The van der Waals surface area contributed by atoms with Crippen molar-refractivity contribution in [1.29, 1.82) is 0 Å². The van der Waals surface area contributed by atoms with Crippen molar-refractivity contribution in [1.82, 2.24) is 4.90 Å². The van der Waals surface area contributed by atoms with Gasteiger partial charge in [0.15, 0.2) is 0 Å². The number of carbonyl (C=O) groups excluding carboxylic acids is 3. The number of likely N-dealkylation sites (tertiary alicyclic amines) is 1. The summed E-state index contributed by atoms with van der Waals surface area (Å²) in [5.41, 5.74) is 0.672. The molecule has 39 heavy (non-hydrogen) atoms. The summed E-state index contributed by atoms with van der Waals surface area (Å²) in [6.07, 6.45) is 8.50. The van der Waals surface area contributed by atoms with E-state index < -0.39 is 27.4 Å². The first kappa shape index (κ1) is 29.7. The van der Waals surface area contributed by atoms with Crippen LogP contribution in [0, 0.1) is 11.8 Å². The molecule has 9 heteroatoms. The minimum Gasteiger partial charge on any atom is -0.465 e.